The number of ether oxygens (including phenoxy) is 1. The summed E-state index contributed by atoms with van der Waals surface area (Å²) in [6.45, 7) is 6.22. The van der Waals surface area contributed by atoms with Crippen molar-refractivity contribution in [2.45, 2.75) is 39.6 Å². The second-order valence-electron chi connectivity index (χ2n) is 6.20. The Bertz CT molecular complexity index is 765. The largest absolute Gasteiger partial charge is 0.490 e. The van der Waals surface area contributed by atoms with Crippen LogP contribution in [0.1, 0.15) is 40.9 Å². The highest BCUT2D eigenvalue weighted by Gasteiger charge is 2.15. The summed E-state index contributed by atoms with van der Waals surface area (Å²) < 4.78 is 6.65. The van der Waals surface area contributed by atoms with E-state index in [2.05, 4.69) is 44.8 Å². The average Bonchev–Trinajstić information content (AvgIpc) is 2.99. The van der Waals surface area contributed by atoms with Crippen molar-refractivity contribution >= 4 is 34.2 Å². The van der Waals surface area contributed by atoms with E-state index in [9.17, 15) is 4.79 Å². The zero-order valence-electron chi connectivity index (χ0n) is 14.3. The number of halogens is 2. The number of fused-ring (bicyclic) bond motifs is 1. The molecule has 1 heterocycles. The van der Waals surface area contributed by atoms with Gasteiger partial charge in [0.1, 0.15) is 5.75 Å². The molecule has 134 valence electrons. The fourth-order valence-electron chi connectivity index (χ4n) is 2.77. The molecular formula is C19H22BrClN2O2. The molecule has 0 aromatic heterocycles. The fourth-order valence-corrected chi connectivity index (χ4v) is 3.11. The van der Waals surface area contributed by atoms with Gasteiger partial charge in [-0.25, -0.2) is 0 Å². The molecule has 0 fully saturated rings. The predicted molar refractivity (Wildman–Crippen MR) is 105 cm³/mol. The summed E-state index contributed by atoms with van der Waals surface area (Å²) in [5, 5.41) is 6.31. The Labute approximate surface area is 162 Å². The van der Waals surface area contributed by atoms with Gasteiger partial charge in [0.05, 0.1) is 11.7 Å². The molecule has 1 aliphatic rings. The Kier molecular flexibility index (Phi) is 6.87. The van der Waals surface area contributed by atoms with Gasteiger partial charge in [0.2, 0.25) is 0 Å². The van der Waals surface area contributed by atoms with E-state index in [1.807, 2.05) is 26.0 Å². The van der Waals surface area contributed by atoms with Crippen LogP contribution < -0.4 is 15.4 Å². The molecular weight excluding hydrogens is 404 g/mol. The first-order valence-corrected chi connectivity index (χ1v) is 8.88. The van der Waals surface area contributed by atoms with Crippen LogP contribution in [-0.2, 0) is 19.6 Å². The minimum absolute atomic E-state index is 0. The van der Waals surface area contributed by atoms with Gasteiger partial charge in [0, 0.05) is 24.1 Å². The first-order valence-electron chi connectivity index (χ1n) is 8.09. The second-order valence-corrected chi connectivity index (χ2v) is 7.11. The number of hydrogen-bond donors (Lipinski definition) is 2. The topological polar surface area (TPSA) is 50.4 Å². The Morgan fingerprint density at radius 2 is 1.96 bits per heavy atom. The van der Waals surface area contributed by atoms with Gasteiger partial charge in [0.25, 0.3) is 5.91 Å². The summed E-state index contributed by atoms with van der Waals surface area (Å²) >= 11 is 3.42. The Hall–Kier alpha value is -1.56. The molecule has 0 saturated carbocycles. The standard InChI is InChI=1S/C19H21BrN2O2.ClH/c1-12(2)24-18-8-16(20)5-6-17(18)19(23)22-9-13-3-4-14-10-21-11-15(14)7-13;/h3-8,12,21H,9-11H2,1-2H3,(H,22,23);1H. The number of nitrogens with one attached hydrogen (secondary N) is 2. The molecule has 4 nitrogen and oxygen atoms in total. The molecule has 0 atom stereocenters. The first-order chi connectivity index (χ1) is 11.5. The molecule has 6 heteroatoms. The van der Waals surface area contributed by atoms with Crippen molar-refractivity contribution in [1.82, 2.24) is 10.6 Å². The fraction of sp³-hybridized carbons (Fsp3) is 0.316. The lowest BCUT2D eigenvalue weighted by Crippen LogP contribution is -2.24. The van der Waals surface area contributed by atoms with Crippen LogP contribution in [0.2, 0.25) is 0 Å². The summed E-state index contributed by atoms with van der Waals surface area (Å²) in [4.78, 5) is 12.5. The molecule has 0 aliphatic carbocycles. The van der Waals surface area contributed by atoms with Crippen LogP contribution in [-0.4, -0.2) is 12.0 Å². The molecule has 1 aliphatic heterocycles. The lowest BCUT2D eigenvalue weighted by molar-refractivity contribution is 0.0945. The van der Waals surface area contributed by atoms with Crippen LogP contribution in [0.4, 0.5) is 0 Å². The van der Waals surface area contributed by atoms with Crippen molar-refractivity contribution in [3.05, 3.63) is 63.1 Å². The molecule has 0 unspecified atom stereocenters. The number of carbonyl (C=O) groups is 1. The van der Waals surface area contributed by atoms with Gasteiger partial charge in [-0.15, -0.1) is 12.4 Å². The van der Waals surface area contributed by atoms with Crippen LogP contribution in [0.3, 0.4) is 0 Å². The van der Waals surface area contributed by atoms with Gasteiger partial charge >= 0.3 is 0 Å². The van der Waals surface area contributed by atoms with Gasteiger partial charge in [-0.3, -0.25) is 4.79 Å². The number of benzene rings is 2. The number of amides is 1. The van der Waals surface area contributed by atoms with Gasteiger partial charge < -0.3 is 15.4 Å². The van der Waals surface area contributed by atoms with E-state index in [1.54, 1.807) is 6.07 Å². The highest BCUT2D eigenvalue weighted by atomic mass is 79.9. The number of rotatable bonds is 5. The van der Waals surface area contributed by atoms with Crippen molar-refractivity contribution < 1.29 is 9.53 Å². The molecule has 0 saturated heterocycles. The third kappa shape index (κ3) is 4.97. The second kappa shape index (κ2) is 8.70. The summed E-state index contributed by atoms with van der Waals surface area (Å²) in [6.07, 6.45) is 0.00932. The molecule has 2 aromatic carbocycles. The highest BCUT2D eigenvalue weighted by Crippen LogP contribution is 2.25. The van der Waals surface area contributed by atoms with Gasteiger partial charge in [-0.1, -0.05) is 34.1 Å². The zero-order valence-corrected chi connectivity index (χ0v) is 16.7. The van der Waals surface area contributed by atoms with Crippen molar-refractivity contribution in [3.63, 3.8) is 0 Å². The van der Waals surface area contributed by atoms with Gasteiger partial charge in [-0.05, 0) is 48.7 Å². The molecule has 2 aromatic rings. The van der Waals surface area contributed by atoms with E-state index in [0.29, 0.717) is 17.9 Å². The smallest absolute Gasteiger partial charge is 0.255 e. The van der Waals surface area contributed by atoms with Gasteiger partial charge in [-0.2, -0.15) is 0 Å². The summed E-state index contributed by atoms with van der Waals surface area (Å²) in [5.74, 6) is 0.465. The summed E-state index contributed by atoms with van der Waals surface area (Å²) in [6, 6.07) is 11.8. The van der Waals surface area contributed by atoms with Crippen molar-refractivity contribution in [2.75, 3.05) is 0 Å². The van der Waals surface area contributed by atoms with E-state index < -0.39 is 0 Å². The minimum Gasteiger partial charge on any atom is -0.490 e. The molecule has 0 spiro atoms. The lowest BCUT2D eigenvalue weighted by Gasteiger charge is -2.15. The monoisotopic (exact) mass is 424 g/mol. The van der Waals surface area contributed by atoms with E-state index >= 15 is 0 Å². The molecule has 0 radical (unpaired) electrons. The van der Waals surface area contributed by atoms with E-state index in [1.165, 1.54) is 11.1 Å². The molecule has 25 heavy (non-hydrogen) atoms. The maximum absolute atomic E-state index is 12.5. The SMILES string of the molecule is CC(C)Oc1cc(Br)ccc1C(=O)NCc1ccc2c(c1)CNC2.Cl. The molecule has 0 bridgehead atoms. The number of hydrogen-bond acceptors (Lipinski definition) is 3. The highest BCUT2D eigenvalue weighted by molar-refractivity contribution is 9.10. The third-order valence-corrected chi connectivity index (χ3v) is 4.40. The van der Waals surface area contributed by atoms with Crippen LogP contribution in [0, 0.1) is 0 Å². The Morgan fingerprint density at radius 1 is 1.20 bits per heavy atom. The average molecular weight is 426 g/mol. The minimum atomic E-state index is -0.128. The number of carbonyl (C=O) groups excluding carboxylic acids is 1. The van der Waals surface area contributed by atoms with E-state index in [4.69, 9.17) is 4.74 Å². The summed E-state index contributed by atoms with van der Waals surface area (Å²) in [5.41, 5.74) is 4.31. The van der Waals surface area contributed by atoms with Crippen LogP contribution >= 0.6 is 28.3 Å². The van der Waals surface area contributed by atoms with Crippen molar-refractivity contribution in [2.24, 2.45) is 0 Å². The van der Waals surface area contributed by atoms with Crippen LogP contribution in [0.15, 0.2) is 40.9 Å². The van der Waals surface area contributed by atoms with Gasteiger partial charge in [0.15, 0.2) is 0 Å². The predicted octanol–water partition coefficient (Wildman–Crippen LogP) is 4.19. The summed E-state index contributed by atoms with van der Waals surface area (Å²) in [7, 11) is 0. The van der Waals surface area contributed by atoms with E-state index in [-0.39, 0.29) is 24.4 Å². The lowest BCUT2D eigenvalue weighted by atomic mass is 10.1. The van der Waals surface area contributed by atoms with Crippen molar-refractivity contribution in [1.29, 1.82) is 0 Å². The first kappa shape index (κ1) is 19.8. The molecule has 1 amide bonds. The zero-order chi connectivity index (χ0) is 17.1. The van der Waals surface area contributed by atoms with E-state index in [0.717, 1.165) is 23.1 Å². The third-order valence-electron chi connectivity index (χ3n) is 3.91. The molecule has 3 rings (SSSR count). The Balaban J connectivity index is 0.00000225. The Morgan fingerprint density at radius 3 is 2.72 bits per heavy atom. The van der Waals surface area contributed by atoms with Crippen molar-refractivity contribution in [3.8, 4) is 5.75 Å². The van der Waals surface area contributed by atoms with Crippen LogP contribution in [0.5, 0.6) is 5.75 Å². The normalized spacial score (nSPS) is 12.5. The maximum atomic E-state index is 12.5. The maximum Gasteiger partial charge on any atom is 0.255 e. The van der Waals surface area contributed by atoms with Crippen LogP contribution in [0.25, 0.3) is 0 Å². The quantitative estimate of drug-likeness (QED) is 0.755. The molecule has 2 N–H and O–H groups in total.